The van der Waals surface area contributed by atoms with E-state index in [0.29, 0.717) is 12.3 Å². The fourth-order valence-electron chi connectivity index (χ4n) is 3.13. The molecule has 162 valence electrons. The van der Waals surface area contributed by atoms with E-state index in [1.807, 2.05) is 30.3 Å². The van der Waals surface area contributed by atoms with Crippen molar-refractivity contribution in [2.45, 2.75) is 32.3 Å². The second-order valence-corrected chi connectivity index (χ2v) is 6.69. The number of carbonyl (C=O) groups is 2. The van der Waals surface area contributed by atoms with Gasteiger partial charge in [0.2, 0.25) is 5.75 Å². The molecule has 0 bridgehead atoms. The van der Waals surface area contributed by atoms with Crippen LogP contribution in [0.2, 0.25) is 0 Å². The number of ether oxygens (including phenoxy) is 4. The lowest BCUT2D eigenvalue weighted by atomic mass is 9.96. The van der Waals surface area contributed by atoms with E-state index in [1.165, 1.54) is 34.3 Å². The second kappa shape index (κ2) is 11.1. The molecule has 0 aliphatic heterocycles. The molecule has 7 heteroatoms. The van der Waals surface area contributed by atoms with Gasteiger partial charge in [-0.25, -0.2) is 4.79 Å². The van der Waals surface area contributed by atoms with Crippen LogP contribution in [-0.4, -0.2) is 45.9 Å². The maximum Gasteiger partial charge on any atom is 0.342 e. The van der Waals surface area contributed by atoms with Crippen LogP contribution in [-0.2, 0) is 9.53 Å². The molecule has 0 fully saturated rings. The average Bonchev–Trinajstić information content (AvgIpc) is 2.78. The Hall–Kier alpha value is -3.22. The Balaban J connectivity index is 2.04. The summed E-state index contributed by atoms with van der Waals surface area (Å²) in [7, 11) is 4.35. The minimum atomic E-state index is -0.969. The molecule has 2 rings (SSSR count). The zero-order valence-electron chi connectivity index (χ0n) is 18.1. The highest BCUT2D eigenvalue weighted by molar-refractivity contribution is 5.96. The van der Waals surface area contributed by atoms with E-state index in [4.69, 9.17) is 18.9 Å². The van der Waals surface area contributed by atoms with E-state index in [0.717, 1.165) is 12.0 Å². The van der Waals surface area contributed by atoms with Crippen molar-refractivity contribution < 1.29 is 28.5 Å². The highest BCUT2D eigenvalue weighted by atomic mass is 16.6. The molecule has 0 unspecified atom stereocenters. The number of carbonyl (C=O) groups excluding carboxylic acids is 2. The summed E-state index contributed by atoms with van der Waals surface area (Å²) in [5.74, 6) is 0.0136. The summed E-state index contributed by atoms with van der Waals surface area (Å²) < 4.78 is 21.2. The van der Waals surface area contributed by atoms with Crippen LogP contribution in [0.1, 0.15) is 42.1 Å². The molecule has 1 N–H and O–H groups in total. The van der Waals surface area contributed by atoms with Crippen molar-refractivity contribution in [2.24, 2.45) is 0 Å². The SMILES string of the molecule is CC[C@@H](CNC(=O)[C@@H](C)OC(=O)c1ccc(OC)c(OC)c1OC)c1ccccc1. The van der Waals surface area contributed by atoms with Gasteiger partial charge in [-0.05, 0) is 31.0 Å². The first-order valence-corrected chi connectivity index (χ1v) is 9.79. The van der Waals surface area contributed by atoms with Crippen molar-refractivity contribution >= 4 is 11.9 Å². The second-order valence-electron chi connectivity index (χ2n) is 6.69. The Bertz CT molecular complexity index is 852. The predicted molar refractivity (Wildman–Crippen MR) is 113 cm³/mol. The van der Waals surface area contributed by atoms with Gasteiger partial charge >= 0.3 is 5.97 Å². The van der Waals surface area contributed by atoms with Gasteiger partial charge in [0.15, 0.2) is 17.6 Å². The highest BCUT2D eigenvalue weighted by Crippen LogP contribution is 2.40. The molecule has 0 aliphatic carbocycles. The molecule has 2 atom stereocenters. The molecular weight excluding hydrogens is 386 g/mol. The standard InChI is InChI=1S/C23H29NO6/c1-6-16(17-10-8-7-9-11-17)14-24-22(25)15(2)30-23(26)18-12-13-19(27-3)21(29-5)20(18)28-4/h7-13,15-16H,6,14H2,1-5H3,(H,24,25)/t15-,16+/m1/s1. The molecule has 7 nitrogen and oxygen atoms in total. The van der Waals surface area contributed by atoms with Crippen LogP contribution in [0.5, 0.6) is 17.2 Å². The van der Waals surface area contributed by atoms with Crippen molar-refractivity contribution in [3.8, 4) is 17.2 Å². The van der Waals surface area contributed by atoms with E-state index in [1.54, 1.807) is 6.07 Å². The molecule has 2 aromatic carbocycles. The number of hydrogen-bond donors (Lipinski definition) is 1. The van der Waals surface area contributed by atoms with Crippen LogP contribution in [0.15, 0.2) is 42.5 Å². The Labute approximate surface area is 177 Å². The number of rotatable bonds is 10. The van der Waals surface area contributed by atoms with Gasteiger partial charge in [0, 0.05) is 12.5 Å². The van der Waals surface area contributed by atoms with Gasteiger partial charge in [-0.1, -0.05) is 37.3 Å². The molecule has 1 amide bonds. The number of benzene rings is 2. The van der Waals surface area contributed by atoms with Crippen LogP contribution >= 0.6 is 0 Å². The fraction of sp³-hybridized carbons (Fsp3) is 0.391. The average molecular weight is 415 g/mol. The van der Waals surface area contributed by atoms with E-state index in [2.05, 4.69) is 12.2 Å². The van der Waals surface area contributed by atoms with Gasteiger partial charge in [-0.3, -0.25) is 4.79 Å². The zero-order chi connectivity index (χ0) is 22.1. The van der Waals surface area contributed by atoms with Crippen molar-refractivity contribution in [3.63, 3.8) is 0 Å². The Kier molecular flexibility index (Phi) is 8.53. The summed E-state index contributed by atoms with van der Waals surface area (Å²) in [4.78, 5) is 25.1. The number of hydrogen-bond acceptors (Lipinski definition) is 6. The molecule has 0 aromatic heterocycles. The lowest BCUT2D eigenvalue weighted by molar-refractivity contribution is -0.129. The number of nitrogens with one attached hydrogen (secondary N) is 1. The largest absolute Gasteiger partial charge is 0.493 e. The molecule has 0 saturated heterocycles. The Morgan fingerprint density at radius 1 is 0.933 bits per heavy atom. The lowest BCUT2D eigenvalue weighted by Crippen LogP contribution is -2.38. The molecule has 0 saturated carbocycles. The van der Waals surface area contributed by atoms with Gasteiger partial charge < -0.3 is 24.3 Å². The number of esters is 1. The fourth-order valence-corrected chi connectivity index (χ4v) is 3.13. The number of amides is 1. The third-order valence-electron chi connectivity index (χ3n) is 4.86. The molecule has 0 heterocycles. The minimum absolute atomic E-state index is 0.144. The van der Waals surface area contributed by atoms with Crippen molar-refractivity contribution in [2.75, 3.05) is 27.9 Å². The van der Waals surface area contributed by atoms with Gasteiger partial charge in [0.1, 0.15) is 5.56 Å². The van der Waals surface area contributed by atoms with E-state index in [9.17, 15) is 9.59 Å². The van der Waals surface area contributed by atoms with Gasteiger partial charge in [0.25, 0.3) is 5.91 Å². The molecule has 0 aliphatic rings. The Morgan fingerprint density at radius 2 is 1.60 bits per heavy atom. The van der Waals surface area contributed by atoms with Gasteiger partial charge in [-0.15, -0.1) is 0 Å². The summed E-state index contributed by atoms with van der Waals surface area (Å²) in [6.07, 6.45) is -0.0926. The third-order valence-corrected chi connectivity index (χ3v) is 4.86. The topological polar surface area (TPSA) is 83.1 Å². The van der Waals surface area contributed by atoms with Crippen molar-refractivity contribution in [1.29, 1.82) is 0 Å². The minimum Gasteiger partial charge on any atom is -0.493 e. The molecule has 0 spiro atoms. The van der Waals surface area contributed by atoms with Crippen molar-refractivity contribution in [1.82, 2.24) is 5.32 Å². The summed E-state index contributed by atoms with van der Waals surface area (Å²) in [5, 5.41) is 2.87. The lowest BCUT2D eigenvalue weighted by Gasteiger charge is -2.19. The first kappa shape index (κ1) is 23.1. The quantitative estimate of drug-likeness (QED) is 0.598. The summed E-state index contributed by atoms with van der Waals surface area (Å²) in [6, 6.07) is 13.1. The monoisotopic (exact) mass is 415 g/mol. The highest BCUT2D eigenvalue weighted by Gasteiger charge is 2.25. The summed E-state index contributed by atoms with van der Waals surface area (Å²) >= 11 is 0. The molecule has 2 aromatic rings. The van der Waals surface area contributed by atoms with E-state index in [-0.39, 0.29) is 28.9 Å². The van der Waals surface area contributed by atoms with E-state index < -0.39 is 12.1 Å². The Morgan fingerprint density at radius 3 is 2.17 bits per heavy atom. The summed E-state index contributed by atoms with van der Waals surface area (Å²) in [5.41, 5.74) is 1.30. The van der Waals surface area contributed by atoms with Gasteiger partial charge in [-0.2, -0.15) is 0 Å². The maximum atomic E-state index is 12.6. The van der Waals surface area contributed by atoms with Crippen LogP contribution in [0, 0.1) is 0 Å². The van der Waals surface area contributed by atoms with Crippen LogP contribution in [0.25, 0.3) is 0 Å². The van der Waals surface area contributed by atoms with Crippen LogP contribution < -0.4 is 19.5 Å². The molecule has 0 radical (unpaired) electrons. The third kappa shape index (κ3) is 5.43. The number of methoxy groups -OCH3 is 3. The van der Waals surface area contributed by atoms with Crippen LogP contribution in [0.3, 0.4) is 0 Å². The first-order valence-electron chi connectivity index (χ1n) is 9.79. The normalized spacial score (nSPS) is 12.4. The maximum absolute atomic E-state index is 12.6. The summed E-state index contributed by atoms with van der Waals surface area (Å²) in [6.45, 7) is 4.06. The molecular formula is C23H29NO6. The van der Waals surface area contributed by atoms with Gasteiger partial charge in [0.05, 0.1) is 21.3 Å². The molecule has 30 heavy (non-hydrogen) atoms. The zero-order valence-corrected chi connectivity index (χ0v) is 18.1. The van der Waals surface area contributed by atoms with E-state index >= 15 is 0 Å². The predicted octanol–water partition coefficient (Wildman–Crippen LogP) is 3.57. The smallest absolute Gasteiger partial charge is 0.342 e. The van der Waals surface area contributed by atoms with Crippen molar-refractivity contribution in [3.05, 3.63) is 53.6 Å². The van der Waals surface area contributed by atoms with Crippen LogP contribution in [0.4, 0.5) is 0 Å². The first-order chi connectivity index (χ1) is 14.5.